The lowest BCUT2D eigenvalue weighted by molar-refractivity contribution is -0.138. The van der Waals surface area contributed by atoms with Gasteiger partial charge in [-0.2, -0.15) is 0 Å². The summed E-state index contributed by atoms with van der Waals surface area (Å²) in [5.74, 6) is -1.85. The van der Waals surface area contributed by atoms with Crippen molar-refractivity contribution >= 4 is 23.7 Å². The van der Waals surface area contributed by atoms with E-state index in [4.69, 9.17) is 11.8 Å². The highest BCUT2D eigenvalue weighted by Crippen LogP contribution is 2.02. The van der Waals surface area contributed by atoms with Crippen LogP contribution in [-0.2, 0) is 23.9 Å². The van der Waals surface area contributed by atoms with Crippen LogP contribution in [0.15, 0.2) is 0 Å². The Labute approximate surface area is 220 Å². The van der Waals surface area contributed by atoms with Gasteiger partial charge in [0.15, 0.2) is 0 Å². The molecule has 2 radical (unpaired) electrons. The first-order valence-corrected chi connectivity index (χ1v) is 12.8. The van der Waals surface area contributed by atoms with Gasteiger partial charge in [0, 0.05) is 86.5 Å². The minimum atomic E-state index is -0.920. The van der Waals surface area contributed by atoms with Gasteiger partial charge in [-0.1, -0.05) is 6.92 Å². The number of hydrogen-bond acceptors (Lipinski definition) is 9. The third-order valence-corrected chi connectivity index (χ3v) is 6.23. The smallest absolute Gasteiger partial charge is 0.317 e. The van der Waals surface area contributed by atoms with E-state index in [0.717, 1.165) is 19.6 Å². The third-order valence-electron chi connectivity index (χ3n) is 6.23. The molecule has 1 heterocycles. The van der Waals surface area contributed by atoms with Gasteiger partial charge in [0.05, 0.1) is 19.7 Å². The van der Waals surface area contributed by atoms with Crippen molar-refractivity contribution in [1.82, 2.24) is 35.6 Å². The van der Waals surface area contributed by atoms with Crippen molar-refractivity contribution in [3.05, 3.63) is 7.05 Å². The van der Waals surface area contributed by atoms with Gasteiger partial charge in [0.2, 0.25) is 17.7 Å². The number of hydrogen-bond donors (Lipinski definition) is 4. The number of rotatable bonds is 13. The fourth-order valence-electron chi connectivity index (χ4n) is 3.92. The predicted octanol–water partition coefficient (Wildman–Crippen LogP) is -2.25. The fraction of sp³-hybridized carbons (Fsp3) is 0.792. The van der Waals surface area contributed by atoms with Crippen LogP contribution in [0.1, 0.15) is 19.8 Å². The Morgan fingerprint density at radius 1 is 0.919 bits per heavy atom. The molecule has 0 aromatic heterocycles. The second-order valence-corrected chi connectivity index (χ2v) is 9.03. The van der Waals surface area contributed by atoms with Gasteiger partial charge in [-0.3, -0.25) is 33.9 Å². The second-order valence-electron chi connectivity index (χ2n) is 9.03. The van der Waals surface area contributed by atoms with Crippen molar-refractivity contribution in [1.29, 1.82) is 0 Å². The molecule has 4 N–H and O–H groups in total. The lowest BCUT2D eigenvalue weighted by atomic mass is 10.1. The van der Waals surface area contributed by atoms with E-state index < -0.39 is 12.0 Å². The van der Waals surface area contributed by atoms with E-state index in [1.54, 1.807) is 12.0 Å². The van der Waals surface area contributed by atoms with Gasteiger partial charge in [-0.05, 0) is 13.0 Å². The normalized spacial score (nSPS) is 18.3. The van der Waals surface area contributed by atoms with Crippen LogP contribution in [0.25, 0.3) is 0 Å². The monoisotopic (exact) mass is 527 g/mol. The molecule has 3 amide bonds. The number of methoxy groups -OCH3 is 1. The molecule has 0 saturated carbocycles. The van der Waals surface area contributed by atoms with E-state index in [2.05, 4.69) is 27.8 Å². The summed E-state index contributed by atoms with van der Waals surface area (Å²) < 4.78 is 4.90. The summed E-state index contributed by atoms with van der Waals surface area (Å²) in [6.45, 7) is 8.32. The molecule has 1 aliphatic rings. The molecule has 0 aromatic rings. The van der Waals surface area contributed by atoms with E-state index in [0.29, 0.717) is 52.4 Å². The van der Waals surface area contributed by atoms with Crippen LogP contribution in [-0.4, -0.2) is 154 Å². The van der Waals surface area contributed by atoms with Crippen LogP contribution in [0.4, 0.5) is 0 Å². The largest absolute Gasteiger partial charge is 0.480 e. The first-order valence-electron chi connectivity index (χ1n) is 12.8. The first kappa shape index (κ1) is 32.7. The van der Waals surface area contributed by atoms with Gasteiger partial charge < -0.3 is 30.7 Å². The maximum absolute atomic E-state index is 12.9. The van der Waals surface area contributed by atoms with Crippen molar-refractivity contribution < 1.29 is 29.0 Å². The first-order chi connectivity index (χ1) is 17.7. The number of carbonyl (C=O) groups is 4. The number of aliphatic carboxylic acids is 1. The topological polar surface area (TPSA) is 147 Å². The molecule has 1 fully saturated rings. The van der Waals surface area contributed by atoms with Crippen molar-refractivity contribution in [2.24, 2.45) is 0 Å². The summed E-state index contributed by atoms with van der Waals surface area (Å²) in [6, 6.07) is -0.843. The average Bonchev–Trinajstić information content (AvgIpc) is 2.86. The second kappa shape index (κ2) is 18.9. The Hall–Kier alpha value is -2.32. The minimum absolute atomic E-state index is 0.0506. The SMILES string of the molecule is [CH]N1CCN(CC)CCN(CC(=O)N[C@H](CCC(=O)NCCOC)C(=O)NC)CCN(CC(=O)O)CC1. The average molecular weight is 528 g/mol. The summed E-state index contributed by atoms with van der Waals surface area (Å²) in [5.41, 5.74) is 0. The van der Waals surface area contributed by atoms with Crippen molar-refractivity contribution in [2.75, 3.05) is 99.3 Å². The lowest BCUT2D eigenvalue weighted by Gasteiger charge is -2.32. The number of nitrogens with zero attached hydrogens (tertiary/aromatic N) is 4. The zero-order valence-corrected chi connectivity index (χ0v) is 22.5. The van der Waals surface area contributed by atoms with Crippen LogP contribution >= 0.6 is 0 Å². The molecular formula is C24H45N7O6. The molecule has 13 heteroatoms. The van der Waals surface area contributed by atoms with E-state index >= 15 is 0 Å². The summed E-state index contributed by atoms with van der Waals surface area (Å²) in [4.78, 5) is 56.4. The molecule has 13 nitrogen and oxygen atoms in total. The number of carboxylic acids is 1. The van der Waals surface area contributed by atoms with E-state index in [1.807, 2.05) is 9.80 Å². The van der Waals surface area contributed by atoms with E-state index in [1.165, 1.54) is 7.05 Å². The molecule has 212 valence electrons. The maximum Gasteiger partial charge on any atom is 0.317 e. The van der Waals surface area contributed by atoms with Crippen LogP contribution in [0, 0.1) is 7.05 Å². The number of nitrogens with one attached hydrogen (secondary N) is 3. The Balaban J connectivity index is 2.79. The van der Waals surface area contributed by atoms with Crippen LogP contribution in [0.3, 0.4) is 0 Å². The lowest BCUT2D eigenvalue weighted by Crippen LogP contribution is -2.51. The highest BCUT2D eigenvalue weighted by Gasteiger charge is 2.23. The molecular weight excluding hydrogens is 482 g/mol. The van der Waals surface area contributed by atoms with Crippen LogP contribution in [0.5, 0.6) is 0 Å². The Morgan fingerprint density at radius 3 is 2.05 bits per heavy atom. The molecule has 37 heavy (non-hydrogen) atoms. The number of carbonyl (C=O) groups excluding carboxylic acids is 3. The fourth-order valence-corrected chi connectivity index (χ4v) is 3.92. The van der Waals surface area contributed by atoms with Gasteiger partial charge >= 0.3 is 5.97 Å². The Morgan fingerprint density at radius 2 is 1.49 bits per heavy atom. The number of amides is 3. The molecule has 0 aliphatic carbocycles. The van der Waals surface area contributed by atoms with E-state index in [-0.39, 0.29) is 43.7 Å². The summed E-state index contributed by atoms with van der Waals surface area (Å²) in [7, 11) is 9.10. The van der Waals surface area contributed by atoms with Crippen molar-refractivity contribution in [2.45, 2.75) is 25.8 Å². The molecule has 0 unspecified atom stereocenters. The summed E-state index contributed by atoms with van der Waals surface area (Å²) in [6.07, 6.45) is 0.245. The van der Waals surface area contributed by atoms with Crippen LogP contribution < -0.4 is 16.0 Å². The van der Waals surface area contributed by atoms with Crippen molar-refractivity contribution in [3.63, 3.8) is 0 Å². The maximum atomic E-state index is 12.9. The molecule has 0 spiro atoms. The number of likely N-dealkylation sites (N-methyl/N-ethyl adjacent to an activating group) is 2. The Kier molecular flexibility index (Phi) is 16.7. The molecule has 0 aromatic carbocycles. The summed E-state index contributed by atoms with van der Waals surface area (Å²) in [5, 5.41) is 17.3. The third kappa shape index (κ3) is 14.9. The van der Waals surface area contributed by atoms with E-state index in [9.17, 15) is 24.3 Å². The molecule has 1 rings (SSSR count). The van der Waals surface area contributed by atoms with Gasteiger partial charge in [0.25, 0.3) is 0 Å². The molecule has 1 saturated heterocycles. The predicted molar refractivity (Wildman–Crippen MR) is 139 cm³/mol. The quantitative estimate of drug-likeness (QED) is 0.194. The standard InChI is InChI=1S/C24H45N7O6/c1-5-29-11-9-28(3)10-12-31(19-23(34)35)16-15-30(14-13-29)18-22(33)27-20(24(36)25-2)6-7-21(32)26-8-17-37-4/h3,20H,5-19H2,1-2,4H3,(H,25,36)(H,26,32)(H,27,33)(H,34,35)/t20-/m1/s1. The minimum Gasteiger partial charge on any atom is -0.480 e. The highest BCUT2D eigenvalue weighted by atomic mass is 16.5. The van der Waals surface area contributed by atoms with Crippen LogP contribution in [0.2, 0.25) is 0 Å². The highest BCUT2D eigenvalue weighted by molar-refractivity contribution is 5.88. The Bertz CT molecular complexity index is 711. The molecule has 1 aliphatic heterocycles. The number of carboxylic acid groups (broad SMARTS) is 1. The van der Waals surface area contributed by atoms with Gasteiger partial charge in [0.1, 0.15) is 6.04 Å². The molecule has 0 bridgehead atoms. The van der Waals surface area contributed by atoms with Gasteiger partial charge in [-0.25, -0.2) is 0 Å². The summed E-state index contributed by atoms with van der Waals surface area (Å²) >= 11 is 0. The van der Waals surface area contributed by atoms with Gasteiger partial charge in [-0.15, -0.1) is 0 Å². The zero-order chi connectivity index (χ0) is 27.6. The number of ether oxygens (including phenoxy) is 1. The zero-order valence-electron chi connectivity index (χ0n) is 22.5. The molecule has 1 atom stereocenters. The van der Waals surface area contributed by atoms with Crippen molar-refractivity contribution in [3.8, 4) is 0 Å².